The van der Waals surface area contributed by atoms with Gasteiger partial charge in [0.2, 0.25) is 5.91 Å². The number of hydrogen-bond acceptors (Lipinski definition) is 3. The number of nitrogens with one attached hydrogen (secondary N) is 1. The normalized spacial score (nSPS) is 15.0. The first-order chi connectivity index (χ1) is 14.1. The van der Waals surface area contributed by atoms with Crippen molar-refractivity contribution < 1.29 is 9.59 Å². The van der Waals surface area contributed by atoms with Gasteiger partial charge in [-0.15, -0.1) is 0 Å². The summed E-state index contributed by atoms with van der Waals surface area (Å²) in [5.41, 5.74) is 2.68. The summed E-state index contributed by atoms with van der Waals surface area (Å²) in [4.78, 5) is 29.0. The summed E-state index contributed by atoms with van der Waals surface area (Å²) in [6.45, 7) is 7.50. The van der Waals surface area contributed by atoms with E-state index in [9.17, 15) is 9.59 Å². The number of benzene rings is 2. The number of carbonyl (C=O) groups is 2. The minimum Gasteiger partial charge on any atom is -0.350 e. The van der Waals surface area contributed by atoms with Crippen molar-refractivity contribution in [3.8, 4) is 0 Å². The zero-order valence-electron chi connectivity index (χ0n) is 17.4. The van der Waals surface area contributed by atoms with Crippen molar-refractivity contribution in [3.63, 3.8) is 0 Å². The molecule has 2 amide bonds. The summed E-state index contributed by atoms with van der Waals surface area (Å²) in [5, 5.41) is 3.11. The van der Waals surface area contributed by atoms with Crippen LogP contribution in [-0.4, -0.2) is 48.9 Å². The van der Waals surface area contributed by atoms with E-state index < -0.39 is 0 Å². The van der Waals surface area contributed by atoms with Crippen molar-refractivity contribution in [3.05, 3.63) is 65.7 Å². The molecule has 5 heteroatoms. The Balaban J connectivity index is 1.67. The molecule has 2 aromatic rings. The lowest BCUT2D eigenvalue weighted by Crippen LogP contribution is -2.45. The Morgan fingerprint density at radius 3 is 2.52 bits per heavy atom. The highest BCUT2D eigenvalue weighted by Crippen LogP contribution is 2.22. The van der Waals surface area contributed by atoms with E-state index in [4.69, 9.17) is 0 Å². The van der Waals surface area contributed by atoms with Crippen molar-refractivity contribution in [2.45, 2.75) is 39.2 Å². The fourth-order valence-corrected chi connectivity index (χ4v) is 4.01. The van der Waals surface area contributed by atoms with E-state index in [-0.39, 0.29) is 17.9 Å². The van der Waals surface area contributed by atoms with Crippen LogP contribution in [0.4, 0.5) is 5.69 Å². The molecule has 0 radical (unpaired) electrons. The van der Waals surface area contributed by atoms with Gasteiger partial charge >= 0.3 is 0 Å². The van der Waals surface area contributed by atoms with Crippen molar-refractivity contribution in [1.82, 2.24) is 10.2 Å². The molecular formula is C24H31N3O2. The first-order valence-electron chi connectivity index (χ1n) is 10.6. The van der Waals surface area contributed by atoms with Gasteiger partial charge in [-0.3, -0.25) is 14.5 Å². The molecule has 1 heterocycles. The molecule has 1 unspecified atom stereocenters. The maximum atomic E-state index is 12.8. The van der Waals surface area contributed by atoms with E-state index in [2.05, 4.69) is 48.3 Å². The number of rotatable bonds is 9. The Labute approximate surface area is 173 Å². The van der Waals surface area contributed by atoms with Crippen molar-refractivity contribution in [1.29, 1.82) is 0 Å². The van der Waals surface area contributed by atoms with Gasteiger partial charge in [0.15, 0.2) is 0 Å². The standard InChI is InChI=1S/C24H31N3O2/c1-3-26(4-2)22(16-19-10-6-5-7-11-19)18-25-24(29)20-12-8-13-21(17-20)27-15-9-14-23(27)28/h5-8,10-13,17,22H,3-4,9,14-16,18H2,1-2H3,(H,25,29). The third-order valence-electron chi connectivity index (χ3n) is 5.63. The second kappa shape index (κ2) is 10.2. The van der Waals surface area contributed by atoms with Gasteiger partial charge in [0, 0.05) is 36.8 Å². The number of likely N-dealkylation sites (N-methyl/N-ethyl adjacent to an activating group) is 1. The van der Waals surface area contributed by atoms with E-state index in [1.54, 1.807) is 4.90 Å². The average Bonchev–Trinajstić information content (AvgIpc) is 3.19. The Bertz CT molecular complexity index is 818. The highest BCUT2D eigenvalue weighted by Gasteiger charge is 2.23. The molecule has 0 bridgehead atoms. The van der Waals surface area contributed by atoms with Crippen LogP contribution in [0.2, 0.25) is 0 Å². The number of carbonyl (C=O) groups excluding carboxylic acids is 2. The van der Waals surface area contributed by atoms with E-state index in [1.807, 2.05) is 30.3 Å². The SMILES string of the molecule is CCN(CC)C(CNC(=O)c1cccc(N2CCCC2=O)c1)Cc1ccccc1. The van der Waals surface area contributed by atoms with Crippen molar-refractivity contribution in [2.75, 3.05) is 31.1 Å². The first-order valence-corrected chi connectivity index (χ1v) is 10.6. The molecule has 1 saturated heterocycles. The zero-order valence-corrected chi connectivity index (χ0v) is 17.4. The minimum absolute atomic E-state index is 0.0938. The molecule has 2 aromatic carbocycles. The number of hydrogen-bond donors (Lipinski definition) is 1. The fourth-order valence-electron chi connectivity index (χ4n) is 4.01. The lowest BCUT2D eigenvalue weighted by atomic mass is 10.0. The molecule has 0 aromatic heterocycles. The largest absolute Gasteiger partial charge is 0.350 e. The molecule has 29 heavy (non-hydrogen) atoms. The summed E-state index contributed by atoms with van der Waals surface area (Å²) in [6, 6.07) is 18.0. The number of nitrogens with zero attached hydrogens (tertiary/aromatic N) is 2. The Morgan fingerprint density at radius 1 is 1.10 bits per heavy atom. The van der Waals surface area contributed by atoms with Crippen LogP contribution in [0.3, 0.4) is 0 Å². The van der Waals surface area contributed by atoms with Crippen LogP contribution < -0.4 is 10.2 Å². The van der Waals surface area contributed by atoms with Gasteiger partial charge < -0.3 is 10.2 Å². The molecule has 154 valence electrons. The van der Waals surface area contributed by atoms with Crippen LogP contribution >= 0.6 is 0 Å². The van der Waals surface area contributed by atoms with Gasteiger partial charge in [0.1, 0.15) is 0 Å². The van der Waals surface area contributed by atoms with E-state index in [0.717, 1.165) is 38.2 Å². The van der Waals surface area contributed by atoms with E-state index in [1.165, 1.54) is 5.56 Å². The first kappa shape index (κ1) is 21.1. The third kappa shape index (κ3) is 5.45. The molecule has 3 rings (SSSR count). The fraction of sp³-hybridized carbons (Fsp3) is 0.417. The quantitative estimate of drug-likeness (QED) is 0.709. The summed E-state index contributed by atoms with van der Waals surface area (Å²) >= 11 is 0. The highest BCUT2D eigenvalue weighted by atomic mass is 16.2. The van der Waals surface area contributed by atoms with E-state index in [0.29, 0.717) is 18.5 Å². The summed E-state index contributed by atoms with van der Waals surface area (Å²) in [7, 11) is 0. The van der Waals surface area contributed by atoms with Crippen molar-refractivity contribution in [2.24, 2.45) is 0 Å². The third-order valence-corrected chi connectivity index (χ3v) is 5.63. The minimum atomic E-state index is -0.0938. The second-order valence-electron chi connectivity index (χ2n) is 7.47. The Hall–Kier alpha value is -2.66. The zero-order chi connectivity index (χ0) is 20.6. The molecular weight excluding hydrogens is 362 g/mol. The number of amides is 2. The van der Waals surface area contributed by atoms with E-state index >= 15 is 0 Å². The summed E-state index contributed by atoms with van der Waals surface area (Å²) in [5.74, 6) is 0.0377. The summed E-state index contributed by atoms with van der Waals surface area (Å²) < 4.78 is 0. The van der Waals surface area contributed by atoms with Crippen LogP contribution in [0.1, 0.15) is 42.6 Å². The van der Waals surface area contributed by atoms with Gasteiger partial charge in [-0.25, -0.2) is 0 Å². The molecule has 1 N–H and O–H groups in total. The molecule has 1 atom stereocenters. The molecule has 0 aliphatic carbocycles. The monoisotopic (exact) mass is 393 g/mol. The molecule has 1 fully saturated rings. The van der Waals surface area contributed by atoms with Gasteiger partial charge in [-0.05, 0) is 49.7 Å². The van der Waals surface area contributed by atoms with Crippen molar-refractivity contribution >= 4 is 17.5 Å². The lowest BCUT2D eigenvalue weighted by Gasteiger charge is -2.30. The van der Waals surface area contributed by atoms with Gasteiger partial charge in [0.05, 0.1) is 0 Å². The van der Waals surface area contributed by atoms with Gasteiger partial charge in [0.25, 0.3) is 5.91 Å². The topological polar surface area (TPSA) is 52.7 Å². The Morgan fingerprint density at radius 2 is 1.86 bits per heavy atom. The Kier molecular flexibility index (Phi) is 7.42. The average molecular weight is 394 g/mol. The maximum Gasteiger partial charge on any atom is 0.251 e. The molecule has 1 aliphatic rings. The number of anilines is 1. The van der Waals surface area contributed by atoms with Gasteiger partial charge in [-0.1, -0.05) is 50.2 Å². The summed E-state index contributed by atoms with van der Waals surface area (Å²) in [6.07, 6.45) is 2.35. The second-order valence-corrected chi connectivity index (χ2v) is 7.47. The van der Waals surface area contributed by atoms with Crippen LogP contribution in [0.25, 0.3) is 0 Å². The predicted molar refractivity (Wildman–Crippen MR) is 117 cm³/mol. The maximum absolute atomic E-state index is 12.8. The molecule has 0 spiro atoms. The van der Waals surface area contributed by atoms with Crippen LogP contribution in [0.15, 0.2) is 54.6 Å². The highest BCUT2D eigenvalue weighted by molar-refractivity contribution is 5.99. The molecule has 1 aliphatic heterocycles. The predicted octanol–water partition coefficient (Wildman–Crippen LogP) is 3.50. The lowest BCUT2D eigenvalue weighted by molar-refractivity contribution is -0.117. The van der Waals surface area contributed by atoms with Crippen LogP contribution in [0, 0.1) is 0 Å². The molecule has 0 saturated carbocycles. The van der Waals surface area contributed by atoms with Crippen LogP contribution in [0.5, 0.6) is 0 Å². The smallest absolute Gasteiger partial charge is 0.251 e. The van der Waals surface area contributed by atoms with Crippen LogP contribution in [-0.2, 0) is 11.2 Å². The molecule has 5 nitrogen and oxygen atoms in total. The van der Waals surface area contributed by atoms with Gasteiger partial charge in [-0.2, -0.15) is 0 Å².